The van der Waals surface area contributed by atoms with Crippen molar-refractivity contribution < 1.29 is 23.1 Å². The lowest BCUT2D eigenvalue weighted by molar-refractivity contribution is -0.0794. The Morgan fingerprint density at radius 3 is 2.49 bits per heavy atom. The molecule has 0 radical (unpaired) electrons. The number of fused-ring (bicyclic) bond motifs is 1. The molecule has 1 fully saturated rings. The van der Waals surface area contributed by atoms with Crippen molar-refractivity contribution in [2.75, 3.05) is 22.8 Å². The molecule has 11 heteroatoms. The fraction of sp³-hybridized carbons (Fsp3) is 0.344. The quantitative estimate of drug-likeness (QED) is 0.175. The van der Waals surface area contributed by atoms with Crippen molar-refractivity contribution >= 4 is 60.3 Å². The molecule has 0 aliphatic carbocycles. The number of rotatable bonds is 10. The van der Waals surface area contributed by atoms with Gasteiger partial charge in [0.2, 0.25) is 10.0 Å². The smallest absolute Gasteiger partial charge is 0.265 e. The molecule has 1 unspecified atom stereocenters. The number of hydrogen-bond donors (Lipinski definition) is 3. The number of anilines is 2. The first-order valence-electron chi connectivity index (χ1n) is 14.0. The number of carbonyl (C=O) groups is 1. The molecule has 3 N–H and O–H groups in total. The number of benzene rings is 3. The Balaban J connectivity index is 1.41. The number of likely N-dealkylation sites (tertiary alicyclic amines) is 1. The number of hydrogen-bond acceptors (Lipinski definition) is 7. The third-order valence-corrected chi connectivity index (χ3v) is 9.40. The van der Waals surface area contributed by atoms with Crippen molar-refractivity contribution in [2.24, 2.45) is 0 Å². The summed E-state index contributed by atoms with van der Waals surface area (Å²) in [6.45, 7) is 9.67. The van der Waals surface area contributed by atoms with E-state index in [1.165, 1.54) is 11.3 Å². The predicted molar refractivity (Wildman–Crippen MR) is 175 cm³/mol. The molecule has 1 atom stereocenters. The molecular weight excluding hydrogens is 606 g/mol. The topological polar surface area (TPSA) is 108 Å². The molecule has 43 heavy (non-hydrogen) atoms. The van der Waals surface area contributed by atoms with Gasteiger partial charge in [-0.1, -0.05) is 31.5 Å². The van der Waals surface area contributed by atoms with Crippen LogP contribution in [0, 0.1) is 0 Å². The average molecular weight is 642 g/mol. The second kappa shape index (κ2) is 12.1. The van der Waals surface area contributed by atoms with Crippen molar-refractivity contribution in [3.05, 3.63) is 87.3 Å². The number of ether oxygens (including phenoxy) is 1. The van der Waals surface area contributed by atoms with Crippen LogP contribution in [0.3, 0.4) is 0 Å². The summed E-state index contributed by atoms with van der Waals surface area (Å²) in [5, 5.41) is 14.4. The first kappa shape index (κ1) is 31.3. The van der Waals surface area contributed by atoms with Gasteiger partial charge in [-0.15, -0.1) is 11.3 Å². The zero-order valence-corrected chi connectivity index (χ0v) is 27.2. The highest BCUT2D eigenvalue weighted by molar-refractivity contribution is 7.92. The lowest BCUT2D eigenvalue weighted by Gasteiger charge is -2.37. The summed E-state index contributed by atoms with van der Waals surface area (Å²) in [6.07, 6.45) is 1.46. The number of halogens is 1. The number of aliphatic hydroxyl groups excluding tert-OH is 1. The van der Waals surface area contributed by atoms with Gasteiger partial charge in [-0.2, -0.15) is 0 Å². The molecule has 1 aliphatic heterocycles. The van der Waals surface area contributed by atoms with Crippen LogP contribution in [-0.2, 0) is 22.0 Å². The van der Waals surface area contributed by atoms with E-state index in [0.717, 1.165) is 51.7 Å². The van der Waals surface area contributed by atoms with Crippen LogP contribution in [0.1, 0.15) is 60.5 Å². The molecule has 1 saturated heterocycles. The molecule has 0 bridgehead atoms. The van der Waals surface area contributed by atoms with Crippen LogP contribution in [0.2, 0.25) is 5.02 Å². The van der Waals surface area contributed by atoms with Gasteiger partial charge < -0.3 is 15.2 Å². The summed E-state index contributed by atoms with van der Waals surface area (Å²) >= 11 is 7.91. The Bertz CT molecular complexity index is 1790. The first-order chi connectivity index (χ1) is 20.2. The van der Waals surface area contributed by atoms with E-state index in [1.54, 1.807) is 30.3 Å². The largest absolute Gasteiger partial charge is 0.491 e. The van der Waals surface area contributed by atoms with Crippen molar-refractivity contribution in [2.45, 2.75) is 58.4 Å². The van der Waals surface area contributed by atoms with Gasteiger partial charge in [-0.05, 0) is 96.9 Å². The lowest BCUT2D eigenvalue weighted by atomic mass is 9.77. The number of aliphatic hydroxyl groups is 1. The molecule has 5 rings (SSSR count). The van der Waals surface area contributed by atoms with Crippen LogP contribution in [-0.4, -0.2) is 49.5 Å². The van der Waals surface area contributed by atoms with Crippen molar-refractivity contribution in [3.8, 4) is 5.75 Å². The van der Waals surface area contributed by atoms with Gasteiger partial charge in [0.1, 0.15) is 12.0 Å². The van der Waals surface area contributed by atoms with E-state index in [1.807, 2.05) is 43.0 Å². The number of thiophene rings is 1. The van der Waals surface area contributed by atoms with E-state index in [-0.39, 0.29) is 12.0 Å². The van der Waals surface area contributed by atoms with E-state index in [9.17, 15) is 18.3 Å². The minimum Gasteiger partial charge on any atom is -0.491 e. The number of nitrogens with zero attached hydrogens (tertiary/aromatic N) is 1. The fourth-order valence-corrected chi connectivity index (χ4v) is 6.84. The molecule has 1 amide bonds. The molecule has 8 nitrogen and oxygen atoms in total. The third kappa shape index (κ3) is 7.50. The summed E-state index contributed by atoms with van der Waals surface area (Å²) in [4.78, 5) is 15.8. The Morgan fingerprint density at radius 2 is 1.84 bits per heavy atom. The standard InChI is InChI=1S/C32H36ClN3O5S2/c1-19(2)41-27-11-20(18-36-9-8-30(36)37)10-22(16-27)32(3,4)23-14-24(33)17-26(15-23)34-31(38)29-13-21-12-25(35-43(5,39)40)6-7-28(21)42-29/h6-7,10-17,19,30,35,37H,8-9,18H2,1-5H3,(H,34,38). The maximum Gasteiger partial charge on any atom is 0.265 e. The number of nitrogens with one attached hydrogen (secondary N) is 2. The van der Waals surface area contributed by atoms with Crippen molar-refractivity contribution in [3.63, 3.8) is 0 Å². The normalized spacial score (nSPS) is 15.9. The van der Waals surface area contributed by atoms with Gasteiger partial charge in [0.05, 0.1) is 17.2 Å². The molecule has 228 valence electrons. The highest BCUT2D eigenvalue weighted by atomic mass is 35.5. The first-order valence-corrected chi connectivity index (χ1v) is 17.1. The highest BCUT2D eigenvalue weighted by Crippen LogP contribution is 2.38. The van der Waals surface area contributed by atoms with Gasteiger partial charge >= 0.3 is 0 Å². The molecule has 3 aromatic carbocycles. The maximum absolute atomic E-state index is 13.3. The molecule has 0 spiro atoms. The van der Waals surface area contributed by atoms with Crippen LogP contribution < -0.4 is 14.8 Å². The lowest BCUT2D eigenvalue weighted by Crippen LogP contribution is -2.46. The van der Waals surface area contributed by atoms with E-state index in [0.29, 0.717) is 27.8 Å². The Hall–Kier alpha value is -3.15. The summed E-state index contributed by atoms with van der Waals surface area (Å²) in [7, 11) is -3.41. The summed E-state index contributed by atoms with van der Waals surface area (Å²) in [6, 6.07) is 18.7. The van der Waals surface area contributed by atoms with Gasteiger partial charge in [0.15, 0.2) is 0 Å². The second-order valence-electron chi connectivity index (χ2n) is 11.8. The third-order valence-electron chi connectivity index (χ3n) is 7.46. The molecule has 2 heterocycles. The summed E-state index contributed by atoms with van der Waals surface area (Å²) < 4.78 is 32.6. The van der Waals surface area contributed by atoms with Crippen LogP contribution in [0.25, 0.3) is 10.1 Å². The van der Waals surface area contributed by atoms with Gasteiger partial charge in [-0.3, -0.25) is 14.4 Å². The Morgan fingerprint density at radius 1 is 1.09 bits per heavy atom. The molecule has 0 saturated carbocycles. The zero-order valence-electron chi connectivity index (χ0n) is 24.8. The van der Waals surface area contributed by atoms with Crippen molar-refractivity contribution in [1.82, 2.24) is 4.90 Å². The fourth-order valence-electron chi connectivity index (χ4n) is 5.11. The Labute approximate surface area is 261 Å². The Kier molecular flexibility index (Phi) is 8.79. The van der Waals surface area contributed by atoms with Gasteiger partial charge in [0, 0.05) is 39.6 Å². The predicted octanol–water partition coefficient (Wildman–Crippen LogP) is 6.82. The molecule has 1 aromatic heterocycles. The van der Waals surface area contributed by atoms with Crippen LogP contribution in [0.5, 0.6) is 5.75 Å². The van der Waals surface area contributed by atoms with Crippen LogP contribution >= 0.6 is 22.9 Å². The molecular formula is C32H36ClN3O5S2. The number of amides is 1. The van der Waals surface area contributed by atoms with E-state index in [4.69, 9.17) is 16.3 Å². The highest BCUT2D eigenvalue weighted by Gasteiger charge is 2.29. The van der Waals surface area contributed by atoms with Crippen LogP contribution in [0.15, 0.2) is 60.7 Å². The minimum atomic E-state index is -3.41. The zero-order chi connectivity index (χ0) is 31.1. The number of carbonyl (C=O) groups excluding carboxylic acids is 1. The van der Waals surface area contributed by atoms with E-state index in [2.05, 4.69) is 30.0 Å². The average Bonchev–Trinajstić information content (AvgIpc) is 3.33. The summed E-state index contributed by atoms with van der Waals surface area (Å²) in [5.41, 5.74) is 3.50. The maximum atomic E-state index is 13.3. The second-order valence-corrected chi connectivity index (χ2v) is 15.1. The van der Waals surface area contributed by atoms with Crippen molar-refractivity contribution in [1.29, 1.82) is 0 Å². The molecule has 4 aromatic rings. The monoisotopic (exact) mass is 641 g/mol. The van der Waals surface area contributed by atoms with Gasteiger partial charge in [-0.25, -0.2) is 8.42 Å². The van der Waals surface area contributed by atoms with E-state index >= 15 is 0 Å². The molecule has 1 aliphatic rings. The van der Waals surface area contributed by atoms with Gasteiger partial charge in [0.25, 0.3) is 5.91 Å². The SMILES string of the molecule is CC(C)Oc1cc(CN2CCC2O)cc(C(C)(C)c2cc(Cl)cc(NC(=O)c3cc4cc(NS(C)(=O)=O)ccc4s3)c2)c1. The van der Waals surface area contributed by atoms with E-state index < -0.39 is 21.7 Å². The minimum absolute atomic E-state index is 0.00484. The number of sulfonamides is 1. The summed E-state index contributed by atoms with van der Waals surface area (Å²) in [5.74, 6) is 0.480. The van der Waals surface area contributed by atoms with Crippen LogP contribution in [0.4, 0.5) is 11.4 Å².